The lowest BCUT2D eigenvalue weighted by molar-refractivity contribution is 0.292. The number of hydrogen-bond donors (Lipinski definition) is 2. The highest BCUT2D eigenvalue weighted by atomic mass is 127. The number of guanidine groups is 1. The molecular weight excluding hydrogens is 453 g/mol. The van der Waals surface area contributed by atoms with Gasteiger partial charge in [0.15, 0.2) is 5.96 Å². The summed E-state index contributed by atoms with van der Waals surface area (Å²) in [5, 5.41) is 10.9. The van der Waals surface area contributed by atoms with Crippen molar-refractivity contribution in [2.75, 3.05) is 32.7 Å². The zero-order valence-corrected chi connectivity index (χ0v) is 20.6. The van der Waals surface area contributed by atoms with Gasteiger partial charge in [0.2, 0.25) is 0 Å². The predicted molar refractivity (Wildman–Crippen MR) is 125 cm³/mol. The Morgan fingerprint density at radius 3 is 2.37 bits per heavy atom. The molecule has 1 heterocycles. The maximum absolute atomic E-state index is 5.28. The molecule has 27 heavy (non-hydrogen) atoms. The van der Waals surface area contributed by atoms with E-state index in [1.807, 2.05) is 13.8 Å². The van der Waals surface area contributed by atoms with Crippen LogP contribution < -0.4 is 10.6 Å². The maximum Gasteiger partial charge on any atom is 0.191 e. The fourth-order valence-corrected chi connectivity index (χ4v) is 3.30. The van der Waals surface area contributed by atoms with Gasteiger partial charge in [-0.25, -0.2) is 0 Å². The van der Waals surface area contributed by atoms with Crippen LogP contribution in [0, 0.1) is 13.8 Å². The van der Waals surface area contributed by atoms with E-state index in [1.54, 1.807) is 0 Å². The molecule has 1 aromatic heterocycles. The van der Waals surface area contributed by atoms with E-state index in [0.29, 0.717) is 12.6 Å². The van der Waals surface area contributed by atoms with Gasteiger partial charge in [0.05, 0.1) is 5.69 Å². The van der Waals surface area contributed by atoms with Gasteiger partial charge in [0, 0.05) is 30.6 Å². The van der Waals surface area contributed by atoms with Crippen LogP contribution in [0.3, 0.4) is 0 Å². The van der Waals surface area contributed by atoms with Crippen molar-refractivity contribution in [2.45, 2.75) is 73.3 Å². The Hall–Kier alpha value is -0.830. The standard InChI is InChI=1S/C20H39N5O.HI/c1-8-21-20(23-16(5)12-11-13-25(9-2)10-3)22-14-15(4)19-17(6)24-26-18(19)7;/h15-16H,8-14H2,1-7H3,(H2,21,22,23);1H. The first-order valence-electron chi connectivity index (χ1n) is 10.1. The highest BCUT2D eigenvalue weighted by Gasteiger charge is 2.16. The number of nitrogens with one attached hydrogen (secondary N) is 2. The molecular formula is C20H40IN5O. The Bertz CT molecular complexity index is 523. The van der Waals surface area contributed by atoms with Crippen molar-refractivity contribution < 1.29 is 4.52 Å². The van der Waals surface area contributed by atoms with Crippen molar-refractivity contribution in [2.24, 2.45) is 4.99 Å². The van der Waals surface area contributed by atoms with Crippen LogP contribution in [0.1, 0.15) is 70.4 Å². The molecule has 0 bridgehead atoms. The van der Waals surface area contributed by atoms with Crippen LogP contribution in [0.2, 0.25) is 0 Å². The van der Waals surface area contributed by atoms with Gasteiger partial charge in [0.25, 0.3) is 0 Å². The van der Waals surface area contributed by atoms with Crippen molar-refractivity contribution in [1.29, 1.82) is 0 Å². The molecule has 2 unspecified atom stereocenters. The molecule has 2 N–H and O–H groups in total. The van der Waals surface area contributed by atoms with E-state index in [2.05, 4.69) is 55.3 Å². The lowest BCUT2D eigenvalue weighted by atomic mass is 10.00. The first kappa shape index (κ1) is 26.2. The van der Waals surface area contributed by atoms with Crippen LogP contribution in [-0.4, -0.2) is 54.8 Å². The average molecular weight is 493 g/mol. The van der Waals surface area contributed by atoms with E-state index >= 15 is 0 Å². The van der Waals surface area contributed by atoms with E-state index in [-0.39, 0.29) is 29.9 Å². The third-order valence-corrected chi connectivity index (χ3v) is 4.84. The molecule has 0 saturated carbocycles. The van der Waals surface area contributed by atoms with Gasteiger partial charge in [-0.05, 0) is 60.2 Å². The molecule has 0 aromatic carbocycles. The molecule has 0 amide bonds. The van der Waals surface area contributed by atoms with E-state index in [1.165, 1.54) is 12.0 Å². The minimum atomic E-state index is 0. The molecule has 0 radical (unpaired) electrons. The number of nitrogens with zero attached hydrogens (tertiary/aromatic N) is 3. The summed E-state index contributed by atoms with van der Waals surface area (Å²) in [6.45, 7) is 19.9. The van der Waals surface area contributed by atoms with Crippen LogP contribution in [0.4, 0.5) is 0 Å². The van der Waals surface area contributed by atoms with E-state index < -0.39 is 0 Å². The summed E-state index contributed by atoms with van der Waals surface area (Å²) in [4.78, 5) is 7.25. The maximum atomic E-state index is 5.28. The largest absolute Gasteiger partial charge is 0.361 e. The smallest absolute Gasteiger partial charge is 0.191 e. The normalized spacial score (nSPS) is 14.0. The van der Waals surface area contributed by atoms with Gasteiger partial charge in [-0.2, -0.15) is 0 Å². The zero-order valence-electron chi connectivity index (χ0n) is 18.3. The molecule has 7 heteroatoms. The predicted octanol–water partition coefficient (Wildman–Crippen LogP) is 4.08. The number of hydrogen-bond acceptors (Lipinski definition) is 4. The lowest BCUT2D eigenvalue weighted by Gasteiger charge is -2.21. The van der Waals surface area contributed by atoms with Crippen LogP contribution in [0.5, 0.6) is 0 Å². The average Bonchev–Trinajstić information content (AvgIpc) is 2.95. The molecule has 0 fully saturated rings. The monoisotopic (exact) mass is 493 g/mol. The zero-order chi connectivity index (χ0) is 19.5. The Balaban J connectivity index is 0.00000676. The summed E-state index contributed by atoms with van der Waals surface area (Å²) in [5.41, 5.74) is 2.14. The van der Waals surface area contributed by atoms with Gasteiger partial charge in [0.1, 0.15) is 5.76 Å². The second-order valence-electron chi connectivity index (χ2n) is 7.07. The Labute approximate surface area is 182 Å². The second-order valence-corrected chi connectivity index (χ2v) is 7.07. The Kier molecular flexibility index (Phi) is 13.8. The topological polar surface area (TPSA) is 65.7 Å². The van der Waals surface area contributed by atoms with E-state index in [9.17, 15) is 0 Å². The van der Waals surface area contributed by atoms with Gasteiger partial charge in [-0.15, -0.1) is 24.0 Å². The van der Waals surface area contributed by atoms with Crippen LogP contribution in [0.15, 0.2) is 9.52 Å². The molecule has 0 aliphatic rings. The van der Waals surface area contributed by atoms with Crippen molar-refractivity contribution in [3.63, 3.8) is 0 Å². The highest BCUT2D eigenvalue weighted by molar-refractivity contribution is 14.0. The van der Waals surface area contributed by atoms with Crippen LogP contribution >= 0.6 is 24.0 Å². The number of aliphatic imine (C=N–C) groups is 1. The van der Waals surface area contributed by atoms with Gasteiger partial charge in [-0.3, -0.25) is 4.99 Å². The first-order valence-corrected chi connectivity index (χ1v) is 10.1. The van der Waals surface area contributed by atoms with Crippen LogP contribution in [-0.2, 0) is 0 Å². The fourth-order valence-electron chi connectivity index (χ4n) is 3.30. The summed E-state index contributed by atoms with van der Waals surface area (Å²) in [6.07, 6.45) is 2.34. The Morgan fingerprint density at radius 2 is 1.85 bits per heavy atom. The molecule has 0 spiro atoms. The number of aryl methyl sites for hydroxylation is 2. The minimum Gasteiger partial charge on any atom is -0.361 e. The highest BCUT2D eigenvalue weighted by Crippen LogP contribution is 2.23. The third-order valence-electron chi connectivity index (χ3n) is 4.84. The SMILES string of the molecule is CCNC(=NCC(C)c1c(C)noc1C)NC(C)CCCN(CC)CC.I. The number of aromatic nitrogens is 1. The second kappa shape index (κ2) is 14.2. The van der Waals surface area contributed by atoms with E-state index in [4.69, 9.17) is 9.52 Å². The van der Waals surface area contributed by atoms with Crippen molar-refractivity contribution in [3.8, 4) is 0 Å². The van der Waals surface area contributed by atoms with Gasteiger partial charge < -0.3 is 20.1 Å². The van der Waals surface area contributed by atoms with E-state index in [0.717, 1.165) is 50.0 Å². The first-order chi connectivity index (χ1) is 12.4. The summed E-state index contributed by atoms with van der Waals surface area (Å²) in [6, 6.07) is 0.401. The van der Waals surface area contributed by atoms with Crippen molar-refractivity contribution >= 4 is 29.9 Å². The lowest BCUT2D eigenvalue weighted by Crippen LogP contribution is -2.42. The van der Waals surface area contributed by atoms with Crippen molar-refractivity contribution in [1.82, 2.24) is 20.7 Å². The Morgan fingerprint density at radius 1 is 1.19 bits per heavy atom. The molecule has 0 aliphatic carbocycles. The summed E-state index contributed by atoms with van der Waals surface area (Å²) < 4.78 is 5.28. The molecule has 158 valence electrons. The number of halogens is 1. The van der Waals surface area contributed by atoms with Crippen LogP contribution in [0.25, 0.3) is 0 Å². The molecule has 1 aromatic rings. The summed E-state index contributed by atoms with van der Waals surface area (Å²) >= 11 is 0. The fraction of sp³-hybridized carbons (Fsp3) is 0.800. The molecule has 2 atom stereocenters. The molecule has 0 saturated heterocycles. The summed E-state index contributed by atoms with van der Waals surface area (Å²) in [7, 11) is 0. The van der Waals surface area contributed by atoms with Crippen molar-refractivity contribution in [3.05, 3.63) is 17.0 Å². The molecule has 0 aliphatic heterocycles. The summed E-state index contributed by atoms with van der Waals surface area (Å²) in [5.74, 6) is 2.07. The molecule has 6 nitrogen and oxygen atoms in total. The quantitative estimate of drug-likeness (QED) is 0.276. The minimum absolute atomic E-state index is 0. The molecule has 1 rings (SSSR count). The van der Waals surface area contributed by atoms with Gasteiger partial charge >= 0.3 is 0 Å². The third kappa shape index (κ3) is 9.27. The number of rotatable bonds is 11. The van der Waals surface area contributed by atoms with Gasteiger partial charge in [-0.1, -0.05) is 25.9 Å².